The largest absolute Gasteiger partial charge is 0.616 e. The smallest absolute Gasteiger partial charge is 0.108 e. The maximum Gasteiger partial charge on any atom is 0.108 e. The van der Waals surface area contributed by atoms with Gasteiger partial charge in [-0.2, -0.15) is 0 Å². The Morgan fingerprint density at radius 3 is 1.70 bits per heavy atom. The first-order valence-electron chi connectivity index (χ1n) is 4.19. The molecule has 0 saturated heterocycles. The van der Waals surface area contributed by atoms with E-state index in [1.807, 2.05) is 0 Å². The number of rotatable bonds is 4. The molecule has 0 aromatic rings. The van der Waals surface area contributed by atoms with Crippen molar-refractivity contribution in [3.63, 3.8) is 0 Å². The summed E-state index contributed by atoms with van der Waals surface area (Å²) in [6.07, 6.45) is 5.37. The van der Waals surface area contributed by atoms with Gasteiger partial charge < -0.3 is 4.55 Å². The van der Waals surface area contributed by atoms with Gasteiger partial charge in [0.15, 0.2) is 0 Å². The quantitative estimate of drug-likeness (QED) is 0.569. The minimum atomic E-state index is -0.455. The standard InChI is InChI=1S/C8H14OS/c9-10(5-7-1-2-7)6-8-3-4-8/h7-8H,1-6H2. The molecule has 2 aliphatic carbocycles. The van der Waals surface area contributed by atoms with E-state index < -0.39 is 11.2 Å². The summed E-state index contributed by atoms with van der Waals surface area (Å²) < 4.78 is 11.3. The molecule has 2 saturated carbocycles. The first kappa shape index (κ1) is 6.99. The Morgan fingerprint density at radius 2 is 1.40 bits per heavy atom. The summed E-state index contributed by atoms with van der Waals surface area (Å²) in [5, 5.41) is 0. The molecule has 58 valence electrons. The van der Waals surface area contributed by atoms with Crippen molar-refractivity contribution < 1.29 is 4.55 Å². The first-order chi connectivity index (χ1) is 4.84. The van der Waals surface area contributed by atoms with E-state index in [0.29, 0.717) is 0 Å². The zero-order chi connectivity index (χ0) is 6.97. The van der Waals surface area contributed by atoms with E-state index in [4.69, 9.17) is 0 Å². The van der Waals surface area contributed by atoms with E-state index in [1.54, 1.807) is 0 Å². The molecule has 2 aliphatic rings. The summed E-state index contributed by atoms with van der Waals surface area (Å²) in [5.41, 5.74) is 0. The summed E-state index contributed by atoms with van der Waals surface area (Å²) in [4.78, 5) is 0. The van der Waals surface area contributed by atoms with Crippen molar-refractivity contribution in [3.8, 4) is 0 Å². The molecule has 0 radical (unpaired) electrons. The molecule has 0 aromatic heterocycles. The van der Waals surface area contributed by atoms with Gasteiger partial charge >= 0.3 is 0 Å². The van der Waals surface area contributed by atoms with Gasteiger partial charge in [-0.25, -0.2) is 0 Å². The summed E-state index contributed by atoms with van der Waals surface area (Å²) in [5.74, 6) is 3.71. The van der Waals surface area contributed by atoms with Gasteiger partial charge in [-0.3, -0.25) is 0 Å². The topological polar surface area (TPSA) is 23.1 Å². The van der Waals surface area contributed by atoms with E-state index in [0.717, 1.165) is 23.3 Å². The Kier molecular flexibility index (Phi) is 1.92. The average Bonchev–Trinajstić information content (AvgIpc) is 2.59. The zero-order valence-corrected chi connectivity index (χ0v) is 7.03. The van der Waals surface area contributed by atoms with Crippen LogP contribution < -0.4 is 0 Å². The molecule has 10 heavy (non-hydrogen) atoms. The summed E-state index contributed by atoms with van der Waals surface area (Å²) in [6.45, 7) is 0. The van der Waals surface area contributed by atoms with E-state index in [2.05, 4.69) is 0 Å². The normalized spacial score (nSPS) is 25.8. The van der Waals surface area contributed by atoms with Crippen LogP contribution in [0.3, 0.4) is 0 Å². The minimum absolute atomic E-state index is 0.455. The lowest BCUT2D eigenvalue weighted by Crippen LogP contribution is -2.13. The molecule has 0 bridgehead atoms. The lowest BCUT2D eigenvalue weighted by molar-refractivity contribution is 0.587. The molecule has 0 N–H and O–H groups in total. The third-order valence-corrected chi connectivity index (χ3v) is 3.92. The predicted octanol–water partition coefficient (Wildman–Crippen LogP) is 1.56. The van der Waals surface area contributed by atoms with Crippen LogP contribution in [-0.2, 0) is 11.2 Å². The maximum atomic E-state index is 11.3. The van der Waals surface area contributed by atoms with E-state index in [-0.39, 0.29) is 0 Å². The molecule has 0 unspecified atom stereocenters. The van der Waals surface area contributed by atoms with Gasteiger partial charge in [0.2, 0.25) is 0 Å². The van der Waals surface area contributed by atoms with Crippen molar-refractivity contribution in [1.82, 2.24) is 0 Å². The summed E-state index contributed by atoms with van der Waals surface area (Å²) >= 11 is -0.455. The maximum absolute atomic E-state index is 11.3. The van der Waals surface area contributed by atoms with Gasteiger partial charge in [0.05, 0.1) is 0 Å². The van der Waals surface area contributed by atoms with Gasteiger partial charge in [-0.05, 0) is 25.7 Å². The molecule has 0 aliphatic heterocycles. The van der Waals surface area contributed by atoms with Crippen molar-refractivity contribution in [1.29, 1.82) is 0 Å². The molecule has 2 fully saturated rings. The molecule has 0 amide bonds. The van der Waals surface area contributed by atoms with Gasteiger partial charge in [-0.15, -0.1) is 0 Å². The second kappa shape index (κ2) is 2.74. The Labute approximate surface area is 65.4 Å². The minimum Gasteiger partial charge on any atom is -0.616 e. The highest BCUT2D eigenvalue weighted by molar-refractivity contribution is 7.91. The Bertz CT molecular complexity index is 104. The van der Waals surface area contributed by atoms with Gasteiger partial charge in [0.1, 0.15) is 11.5 Å². The molecular formula is C8H14OS. The Hall–Kier alpha value is 0.310. The van der Waals surface area contributed by atoms with Crippen molar-refractivity contribution in [2.24, 2.45) is 11.8 Å². The van der Waals surface area contributed by atoms with Crippen molar-refractivity contribution >= 4 is 11.2 Å². The highest BCUT2D eigenvalue weighted by Gasteiger charge is 2.31. The summed E-state index contributed by atoms with van der Waals surface area (Å²) in [6, 6.07) is 0. The van der Waals surface area contributed by atoms with Gasteiger partial charge in [-0.1, -0.05) is 11.2 Å². The highest BCUT2D eigenvalue weighted by Crippen LogP contribution is 2.34. The van der Waals surface area contributed by atoms with Crippen LogP contribution in [0, 0.1) is 11.8 Å². The molecule has 2 heteroatoms. The van der Waals surface area contributed by atoms with Crippen LogP contribution in [0.4, 0.5) is 0 Å². The van der Waals surface area contributed by atoms with Crippen LogP contribution in [0.15, 0.2) is 0 Å². The monoisotopic (exact) mass is 158 g/mol. The second-order valence-corrected chi connectivity index (χ2v) is 5.21. The van der Waals surface area contributed by atoms with Gasteiger partial charge in [0, 0.05) is 11.8 Å². The zero-order valence-electron chi connectivity index (χ0n) is 6.21. The van der Waals surface area contributed by atoms with Crippen molar-refractivity contribution in [2.45, 2.75) is 25.7 Å². The van der Waals surface area contributed by atoms with Crippen LogP contribution in [0.25, 0.3) is 0 Å². The van der Waals surface area contributed by atoms with Gasteiger partial charge in [0.25, 0.3) is 0 Å². The second-order valence-electron chi connectivity index (χ2n) is 3.66. The van der Waals surface area contributed by atoms with E-state index in [1.165, 1.54) is 25.7 Å². The third kappa shape index (κ3) is 2.17. The predicted molar refractivity (Wildman–Crippen MR) is 43.3 cm³/mol. The first-order valence-corrected chi connectivity index (χ1v) is 5.68. The molecular weight excluding hydrogens is 144 g/mol. The van der Waals surface area contributed by atoms with Crippen molar-refractivity contribution in [2.75, 3.05) is 11.5 Å². The fourth-order valence-corrected chi connectivity index (χ4v) is 3.02. The molecule has 2 rings (SSSR count). The molecule has 1 nitrogen and oxygen atoms in total. The third-order valence-electron chi connectivity index (χ3n) is 2.24. The average molecular weight is 158 g/mol. The molecule has 0 atom stereocenters. The van der Waals surface area contributed by atoms with E-state index >= 15 is 0 Å². The molecule has 0 heterocycles. The summed E-state index contributed by atoms with van der Waals surface area (Å²) in [7, 11) is 0. The lowest BCUT2D eigenvalue weighted by atomic mass is 10.5. The van der Waals surface area contributed by atoms with Crippen LogP contribution in [0.5, 0.6) is 0 Å². The SMILES string of the molecule is [O-][S+](CC1CC1)CC1CC1. The lowest BCUT2D eigenvalue weighted by Gasteiger charge is -2.08. The molecule has 0 aromatic carbocycles. The van der Waals surface area contributed by atoms with Crippen LogP contribution in [-0.4, -0.2) is 16.1 Å². The fraction of sp³-hybridized carbons (Fsp3) is 1.00. The van der Waals surface area contributed by atoms with E-state index in [9.17, 15) is 4.55 Å². The Morgan fingerprint density at radius 1 is 1.00 bits per heavy atom. The number of hydrogen-bond donors (Lipinski definition) is 0. The fourth-order valence-electron chi connectivity index (χ4n) is 1.16. The highest BCUT2D eigenvalue weighted by atomic mass is 32.2. The van der Waals surface area contributed by atoms with Crippen LogP contribution in [0.1, 0.15) is 25.7 Å². The molecule has 0 spiro atoms. The number of hydrogen-bond acceptors (Lipinski definition) is 1. The Balaban J connectivity index is 1.60. The van der Waals surface area contributed by atoms with Crippen LogP contribution >= 0.6 is 0 Å². The van der Waals surface area contributed by atoms with Crippen molar-refractivity contribution in [3.05, 3.63) is 0 Å². The van der Waals surface area contributed by atoms with Crippen LogP contribution in [0.2, 0.25) is 0 Å².